The molecule has 1 fully saturated rings. The van der Waals surface area contributed by atoms with E-state index in [0.29, 0.717) is 12.3 Å². The summed E-state index contributed by atoms with van der Waals surface area (Å²) in [6.45, 7) is 10.6. The fourth-order valence-electron chi connectivity index (χ4n) is 6.23. The lowest BCUT2D eigenvalue weighted by atomic mass is 9.43. The van der Waals surface area contributed by atoms with Crippen LogP contribution in [0.15, 0.2) is 23.3 Å². The van der Waals surface area contributed by atoms with E-state index in [1.807, 2.05) is 26.0 Å². The molecule has 140 valence electrons. The second-order valence-corrected chi connectivity index (χ2v) is 9.58. The van der Waals surface area contributed by atoms with Crippen molar-refractivity contribution < 1.29 is 9.59 Å². The first-order valence-electron chi connectivity index (χ1n) is 10.0. The molecule has 0 aromatic heterocycles. The minimum absolute atomic E-state index is 0.0120. The zero-order valence-electron chi connectivity index (χ0n) is 16.8. The molecule has 3 aliphatic rings. The summed E-state index contributed by atoms with van der Waals surface area (Å²) >= 11 is 0. The van der Waals surface area contributed by atoms with E-state index in [1.54, 1.807) is 0 Å². The molecule has 0 aromatic rings. The third-order valence-electron chi connectivity index (χ3n) is 7.70. The Bertz CT molecular complexity index is 751. The number of fused-ring (bicyclic) bond motifs is 3. The quantitative estimate of drug-likeness (QED) is 0.703. The summed E-state index contributed by atoms with van der Waals surface area (Å²) in [6.07, 6.45) is 9.74. The van der Waals surface area contributed by atoms with Crippen LogP contribution in [0, 0.1) is 39.4 Å². The number of allylic oxidation sites excluding steroid dienone is 4. The number of unbranched alkanes of at least 4 members (excludes halogenated alkanes) is 1. The molecule has 3 aliphatic carbocycles. The van der Waals surface area contributed by atoms with E-state index in [9.17, 15) is 14.9 Å². The highest BCUT2D eigenvalue weighted by Gasteiger charge is 2.60. The lowest BCUT2D eigenvalue weighted by Gasteiger charge is -2.59. The molecule has 0 spiro atoms. The Morgan fingerprint density at radius 3 is 2.54 bits per heavy atom. The third kappa shape index (κ3) is 2.53. The lowest BCUT2D eigenvalue weighted by molar-refractivity contribution is -0.131. The Hall–Kier alpha value is -1.69. The molecule has 4 atom stereocenters. The summed E-state index contributed by atoms with van der Waals surface area (Å²) in [6, 6.07) is 2.13. The second kappa shape index (κ2) is 6.19. The maximum absolute atomic E-state index is 12.8. The maximum atomic E-state index is 12.8. The van der Waals surface area contributed by atoms with E-state index in [0.717, 1.165) is 32.1 Å². The van der Waals surface area contributed by atoms with Gasteiger partial charge in [-0.2, -0.15) is 5.26 Å². The van der Waals surface area contributed by atoms with Gasteiger partial charge in [-0.25, -0.2) is 0 Å². The van der Waals surface area contributed by atoms with Crippen LogP contribution in [0.3, 0.4) is 0 Å². The zero-order valence-corrected chi connectivity index (χ0v) is 16.8. The highest BCUT2D eigenvalue weighted by atomic mass is 16.1. The number of carbonyl (C=O) groups excluding carboxylic acids is 2. The monoisotopic (exact) mass is 353 g/mol. The molecule has 0 radical (unpaired) electrons. The molecule has 0 saturated heterocycles. The SMILES string of the molecule is CCCC[C@@H]1CC(=O)C=C2C3(C)C=C(C#N)C(=O)C(C)(C)[C@@H]3CCC21C. The van der Waals surface area contributed by atoms with Gasteiger partial charge in [-0.05, 0) is 42.6 Å². The summed E-state index contributed by atoms with van der Waals surface area (Å²) < 4.78 is 0. The van der Waals surface area contributed by atoms with Crippen LogP contribution in [0.5, 0.6) is 0 Å². The molecule has 0 aromatic carbocycles. The average Bonchev–Trinajstić information content (AvgIpc) is 2.57. The lowest BCUT2D eigenvalue weighted by Crippen LogP contribution is -2.55. The number of ketones is 2. The Morgan fingerprint density at radius 1 is 1.23 bits per heavy atom. The van der Waals surface area contributed by atoms with Crippen LogP contribution in [-0.4, -0.2) is 11.6 Å². The number of nitrogens with zero attached hydrogens (tertiary/aromatic N) is 1. The maximum Gasteiger partial charge on any atom is 0.178 e. The Balaban J connectivity index is 2.16. The number of rotatable bonds is 3. The van der Waals surface area contributed by atoms with Crippen molar-refractivity contribution in [3.63, 3.8) is 0 Å². The molecule has 0 bridgehead atoms. The van der Waals surface area contributed by atoms with Crippen LogP contribution in [0.1, 0.15) is 73.1 Å². The largest absolute Gasteiger partial charge is 0.295 e. The van der Waals surface area contributed by atoms with Crippen LogP contribution in [0.4, 0.5) is 0 Å². The third-order valence-corrected chi connectivity index (χ3v) is 7.70. The average molecular weight is 354 g/mol. The first kappa shape index (κ1) is 19.1. The molecule has 0 N–H and O–H groups in total. The van der Waals surface area contributed by atoms with Gasteiger partial charge in [0.05, 0.1) is 5.57 Å². The predicted octanol–water partition coefficient (Wildman–Crippen LogP) is 5.17. The summed E-state index contributed by atoms with van der Waals surface area (Å²) in [5.41, 5.74) is 0.461. The van der Waals surface area contributed by atoms with Crippen molar-refractivity contribution in [2.45, 2.75) is 73.1 Å². The number of hydrogen-bond donors (Lipinski definition) is 0. The van der Waals surface area contributed by atoms with Crippen LogP contribution >= 0.6 is 0 Å². The van der Waals surface area contributed by atoms with Crippen LogP contribution in [-0.2, 0) is 9.59 Å². The van der Waals surface area contributed by atoms with E-state index < -0.39 is 10.8 Å². The van der Waals surface area contributed by atoms with Gasteiger partial charge >= 0.3 is 0 Å². The molecule has 3 rings (SSSR count). The van der Waals surface area contributed by atoms with E-state index in [2.05, 4.69) is 26.8 Å². The van der Waals surface area contributed by atoms with Crippen molar-refractivity contribution in [3.8, 4) is 6.07 Å². The number of Topliss-reactive ketones (excluding diaryl/α,β-unsaturated/α-hetero) is 1. The van der Waals surface area contributed by atoms with Gasteiger partial charge in [0.25, 0.3) is 0 Å². The van der Waals surface area contributed by atoms with Gasteiger partial charge in [-0.3, -0.25) is 9.59 Å². The van der Waals surface area contributed by atoms with Crippen molar-refractivity contribution >= 4 is 11.6 Å². The van der Waals surface area contributed by atoms with Crippen LogP contribution in [0.2, 0.25) is 0 Å². The van der Waals surface area contributed by atoms with E-state index in [-0.39, 0.29) is 28.5 Å². The highest BCUT2D eigenvalue weighted by Crippen LogP contribution is 2.65. The van der Waals surface area contributed by atoms with Crippen LogP contribution in [0.25, 0.3) is 0 Å². The minimum atomic E-state index is -0.573. The fourth-order valence-corrected chi connectivity index (χ4v) is 6.23. The summed E-state index contributed by atoms with van der Waals surface area (Å²) in [4.78, 5) is 25.4. The van der Waals surface area contributed by atoms with Crippen molar-refractivity contribution in [3.05, 3.63) is 23.3 Å². The van der Waals surface area contributed by atoms with Gasteiger partial charge in [0.2, 0.25) is 0 Å². The number of nitriles is 1. The molecule has 2 unspecified atom stereocenters. The first-order chi connectivity index (χ1) is 12.1. The molecule has 26 heavy (non-hydrogen) atoms. The van der Waals surface area contributed by atoms with Gasteiger partial charge in [-0.1, -0.05) is 59.1 Å². The molecule has 3 heteroatoms. The molecule has 0 heterocycles. The van der Waals surface area contributed by atoms with E-state index >= 15 is 0 Å². The second-order valence-electron chi connectivity index (χ2n) is 9.58. The van der Waals surface area contributed by atoms with Gasteiger partial charge < -0.3 is 0 Å². The van der Waals surface area contributed by atoms with E-state index in [1.165, 1.54) is 5.57 Å². The Kier molecular flexibility index (Phi) is 4.54. The van der Waals surface area contributed by atoms with Gasteiger partial charge in [0, 0.05) is 17.3 Å². The van der Waals surface area contributed by atoms with Crippen molar-refractivity contribution in [2.24, 2.45) is 28.1 Å². The summed E-state index contributed by atoms with van der Waals surface area (Å²) in [5, 5.41) is 9.55. The predicted molar refractivity (Wildman–Crippen MR) is 102 cm³/mol. The molecule has 0 amide bonds. The molecular weight excluding hydrogens is 322 g/mol. The molecular formula is C23H31NO2. The van der Waals surface area contributed by atoms with Crippen molar-refractivity contribution in [2.75, 3.05) is 0 Å². The van der Waals surface area contributed by atoms with E-state index in [4.69, 9.17) is 0 Å². The zero-order chi connectivity index (χ0) is 19.3. The fraction of sp³-hybridized carbons (Fsp3) is 0.696. The smallest absolute Gasteiger partial charge is 0.178 e. The van der Waals surface area contributed by atoms with Gasteiger partial charge in [-0.15, -0.1) is 0 Å². The first-order valence-corrected chi connectivity index (χ1v) is 10.0. The van der Waals surface area contributed by atoms with Gasteiger partial charge in [0.1, 0.15) is 6.07 Å². The Labute approximate surface area is 157 Å². The minimum Gasteiger partial charge on any atom is -0.295 e. The molecule has 3 nitrogen and oxygen atoms in total. The van der Waals surface area contributed by atoms with Gasteiger partial charge in [0.15, 0.2) is 11.6 Å². The summed E-state index contributed by atoms with van der Waals surface area (Å²) in [5.74, 6) is 0.669. The Morgan fingerprint density at radius 2 is 1.92 bits per heavy atom. The standard InChI is InChI=1S/C23H31NO2/c1-6-7-8-16-11-17(25)12-19-22(16,4)10-9-18-21(2,3)20(26)15(14-24)13-23(18,19)5/h12-13,16,18H,6-11H2,1-5H3/t16-,18+,22?,23?/m1/s1. The van der Waals surface area contributed by atoms with Crippen molar-refractivity contribution in [1.82, 2.24) is 0 Å². The molecule has 1 saturated carbocycles. The topological polar surface area (TPSA) is 57.9 Å². The molecule has 0 aliphatic heterocycles. The van der Waals surface area contributed by atoms with Crippen LogP contribution < -0.4 is 0 Å². The number of carbonyl (C=O) groups is 2. The highest BCUT2D eigenvalue weighted by molar-refractivity contribution is 6.04. The normalized spacial score (nSPS) is 38.6. The summed E-state index contributed by atoms with van der Waals surface area (Å²) in [7, 11) is 0. The van der Waals surface area contributed by atoms with Crippen molar-refractivity contribution in [1.29, 1.82) is 5.26 Å². The number of hydrogen-bond acceptors (Lipinski definition) is 3.